The summed E-state index contributed by atoms with van der Waals surface area (Å²) in [5.74, 6) is 1.95. The number of halogens is 3. The first-order valence-corrected chi connectivity index (χ1v) is 12.3. The predicted molar refractivity (Wildman–Crippen MR) is 139 cm³/mol. The maximum atomic E-state index is 14.1. The standard InChI is InChI=1S/C25H27F3N8O5/c1-34-22(39)25(36(24(34)40)15-4-2-14(3-5-15)20(29)32-33-30)8-10-35(11-9-25)19(37)13-31-21(38)17-12-16(41-23(27)28)6-7-18(17)26/h2-7,12,23,33H,8-11,13,30H2,1H3,(H2,29,32)(H,31,38). The first kappa shape index (κ1) is 29.1. The first-order chi connectivity index (χ1) is 19.5. The average molecular weight is 577 g/mol. The van der Waals surface area contributed by atoms with E-state index in [0.29, 0.717) is 11.3 Å². The maximum Gasteiger partial charge on any atom is 0.387 e. The van der Waals surface area contributed by atoms with Gasteiger partial charge >= 0.3 is 12.6 Å². The Morgan fingerprint density at radius 3 is 2.39 bits per heavy atom. The maximum absolute atomic E-state index is 14.1. The van der Waals surface area contributed by atoms with Gasteiger partial charge in [0.15, 0.2) is 5.84 Å². The van der Waals surface area contributed by atoms with Crippen molar-refractivity contribution in [2.45, 2.75) is 25.0 Å². The van der Waals surface area contributed by atoms with Crippen LogP contribution in [0, 0.1) is 5.82 Å². The topological polar surface area (TPSA) is 176 Å². The third-order valence-electron chi connectivity index (χ3n) is 6.97. The average Bonchev–Trinajstić information content (AvgIpc) is 3.13. The van der Waals surface area contributed by atoms with E-state index in [4.69, 9.17) is 11.6 Å². The molecule has 2 aromatic rings. The third-order valence-corrected chi connectivity index (χ3v) is 6.97. The fourth-order valence-electron chi connectivity index (χ4n) is 4.88. The van der Waals surface area contributed by atoms with E-state index in [1.807, 2.05) is 0 Å². The van der Waals surface area contributed by atoms with Crippen molar-refractivity contribution < 1.29 is 37.1 Å². The van der Waals surface area contributed by atoms with E-state index in [9.17, 15) is 32.3 Å². The number of nitrogens with one attached hydrogen (secondary N) is 2. The Labute approximate surface area is 231 Å². The number of likely N-dealkylation sites (N-methyl/N-ethyl adjacent to an activating group) is 1. The van der Waals surface area contributed by atoms with Crippen LogP contribution in [0.2, 0.25) is 0 Å². The van der Waals surface area contributed by atoms with Crippen molar-refractivity contribution in [2.24, 2.45) is 16.7 Å². The molecule has 6 N–H and O–H groups in total. The summed E-state index contributed by atoms with van der Waals surface area (Å²) < 4.78 is 43.2. The number of hydrogen-bond donors (Lipinski definition) is 4. The Hall–Kier alpha value is -4.86. The van der Waals surface area contributed by atoms with Crippen LogP contribution in [0.3, 0.4) is 0 Å². The molecular formula is C25H27F3N8O5. The van der Waals surface area contributed by atoms with Crippen LogP contribution in [0.15, 0.2) is 47.6 Å². The highest BCUT2D eigenvalue weighted by molar-refractivity contribution is 6.17. The van der Waals surface area contributed by atoms with Gasteiger partial charge in [-0.3, -0.25) is 24.2 Å². The quantitative estimate of drug-likeness (QED) is 0.117. The zero-order valence-electron chi connectivity index (χ0n) is 21.8. The lowest BCUT2D eigenvalue weighted by Crippen LogP contribution is -2.58. The fraction of sp³-hybridized carbons (Fsp3) is 0.320. The van der Waals surface area contributed by atoms with E-state index >= 15 is 0 Å². The molecule has 0 aromatic heterocycles. The number of alkyl halides is 2. The number of hydrazine groups is 1. The lowest BCUT2D eigenvalue weighted by atomic mass is 9.85. The van der Waals surface area contributed by atoms with Gasteiger partial charge in [0.1, 0.15) is 17.1 Å². The lowest BCUT2D eigenvalue weighted by molar-refractivity contribution is -0.136. The van der Waals surface area contributed by atoms with Crippen molar-refractivity contribution in [2.75, 3.05) is 31.6 Å². The molecule has 218 valence electrons. The van der Waals surface area contributed by atoms with E-state index in [-0.39, 0.29) is 31.8 Å². The number of hydrogen-bond acceptors (Lipinski definition) is 8. The number of benzene rings is 2. The zero-order valence-corrected chi connectivity index (χ0v) is 21.8. The van der Waals surface area contributed by atoms with Gasteiger partial charge in [-0.05, 0) is 55.3 Å². The minimum absolute atomic E-state index is 0.0873. The molecule has 2 heterocycles. The molecule has 41 heavy (non-hydrogen) atoms. The van der Waals surface area contributed by atoms with Crippen molar-refractivity contribution in [3.8, 4) is 5.75 Å². The number of carbonyl (C=O) groups is 4. The smallest absolute Gasteiger partial charge is 0.387 e. The second-order valence-corrected chi connectivity index (χ2v) is 9.27. The summed E-state index contributed by atoms with van der Waals surface area (Å²) in [4.78, 5) is 55.5. The number of likely N-dealkylation sites (tertiary alicyclic amines) is 1. The van der Waals surface area contributed by atoms with Gasteiger partial charge < -0.3 is 20.7 Å². The number of carbonyl (C=O) groups excluding carboxylic acids is 4. The number of piperidine rings is 1. The van der Waals surface area contributed by atoms with Gasteiger partial charge in [-0.15, -0.1) is 5.10 Å². The molecular weight excluding hydrogens is 549 g/mol. The highest BCUT2D eigenvalue weighted by atomic mass is 19.3. The van der Waals surface area contributed by atoms with E-state index < -0.39 is 59.6 Å². The summed E-state index contributed by atoms with van der Waals surface area (Å²) in [6.07, 6.45) is 0.233. The number of imide groups is 1. The Morgan fingerprint density at radius 1 is 1.12 bits per heavy atom. The molecule has 2 saturated heterocycles. The number of amides is 5. The second kappa shape index (κ2) is 11.7. The summed E-state index contributed by atoms with van der Waals surface area (Å²) in [5.41, 5.74) is 7.08. The highest BCUT2D eigenvalue weighted by Gasteiger charge is 2.57. The number of anilines is 1. The highest BCUT2D eigenvalue weighted by Crippen LogP contribution is 2.40. The lowest BCUT2D eigenvalue weighted by Gasteiger charge is -2.42. The molecule has 0 radical (unpaired) electrons. The van der Waals surface area contributed by atoms with Crippen molar-refractivity contribution in [3.05, 3.63) is 59.4 Å². The van der Waals surface area contributed by atoms with Crippen molar-refractivity contribution in [1.82, 2.24) is 20.7 Å². The molecule has 4 rings (SSSR count). The number of hydrazone groups is 1. The minimum Gasteiger partial charge on any atom is -0.435 e. The molecule has 0 atom stereocenters. The van der Waals surface area contributed by atoms with Crippen LogP contribution in [0.1, 0.15) is 28.8 Å². The molecule has 16 heteroatoms. The second-order valence-electron chi connectivity index (χ2n) is 9.27. The summed E-state index contributed by atoms with van der Waals surface area (Å²) >= 11 is 0. The van der Waals surface area contributed by atoms with Gasteiger partial charge in [0.25, 0.3) is 11.8 Å². The first-order valence-electron chi connectivity index (χ1n) is 12.3. The Bertz CT molecular complexity index is 1380. The van der Waals surface area contributed by atoms with Crippen molar-refractivity contribution in [3.63, 3.8) is 0 Å². The van der Waals surface area contributed by atoms with Gasteiger partial charge in [-0.1, -0.05) is 0 Å². The SMILES string of the molecule is CN1C(=O)N(c2ccc(/C(N)=N/NN)cc2)C2(CCN(C(=O)CNC(=O)c3cc(OC(F)F)ccc3F)CC2)C1=O. The van der Waals surface area contributed by atoms with Gasteiger partial charge in [0.05, 0.1) is 12.1 Å². The number of nitrogens with two attached hydrogens (primary N) is 2. The van der Waals surface area contributed by atoms with Crippen LogP contribution in [0.4, 0.5) is 23.7 Å². The monoisotopic (exact) mass is 576 g/mol. The minimum atomic E-state index is -3.16. The van der Waals surface area contributed by atoms with Gasteiger partial charge in [-0.2, -0.15) is 8.78 Å². The molecule has 13 nitrogen and oxygen atoms in total. The number of ether oxygens (including phenoxy) is 1. The molecule has 2 aliphatic rings. The number of urea groups is 1. The number of rotatable bonds is 8. The van der Waals surface area contributed by atoms with E-state index in [1.165, 1.54) is 16.8 Å². The Kier molecular flexibility index (Phi) is 8.32. The molecule has 0 aliphatic carbocycles. The third kappa shape index (κ3) is 5.72. The molecule has 1 spiro atoms. The van der Waals surface area contributed by atoms with Crippen LogP contribution in [-0.4, -0.2) is 78.2 Å². The molecule has 5 amide bonds. The van der Waals surface area contributed by atoms with Crippen LogP contribution in [-0.2, 0) is 9.59 Å². The fourth-order valence-corrected chi connectivity index (χ4v) is 4.88. The molecule has 0 saturated carbocycles. The van der Waals surface area contributed by atoms with E-state index in [0.717, 1.165) is 23.1 Å². The number of nitrogens with zero attached hydrogens (tertiary/aromatic N) is 4. The molecule has 2 aliphatic heterocycles. The summed E-state index contributed by atoms with van der Waals surface area (Å²) in [7, 11) is 1.38. The molecule has 2 aromatic carbocycles. The van der Waals surface area contributed by atoms with Crippen LogP contribution < -0.4 is 32.1 Å². The van der Waals surface area contributed by atoms with Crippen molar-refractivity contribution >= 4 is 35.3 Å². The zero-order chi connectivity index (χ0) is 29.9. The Morgan fingerprint density at radius 2 is 1.78 bits per heavy atom. The summed E-state index contributed by atoms with van der Waals surface area (Å²) in [6, 6.07) is 8.50. The predicted octanol–water partition coefficient (Wildman–Crippen LogP) is 0.700. The van der Waals surface area contributed by atoms with Crippen LogP contribution >= 0.6 is 0 Å². The van der Waals surface area contributed by atoms with E-state index in [2.05, 4.69) is 20.7 Å². The normalized spacial score (nSPS) is 16.9. The molecule has 0 unspecified atom stereocenters. The summed E-state index contributed by atoms with van der Waals surface area (Å²) in [6.45, 7) is -3.50. The Balaban J connectivity index is 1.43. The molecule has 0 bridgehead atoms. The molecule has 2 fully saturated rings. The van der Waals surface area contributed by atoms with Gasteiger partial charge in [0.2, 0.25) is 5.91 Å². The van der Waals surface area contributed by atoms with Gasteiger partial charge in [0, 0.05) is 31.4 Å². The largest absolute Gasteiger partial charge is 0.435 e. The van der Waals surface area contributed by atoms with Crippen LogP contribution in [0.25, 0.3) is 0 Å². The van der Waals surface area contributed by atoms with Crippen LogP contribution in [0.5, 0.6) is 5.75 Å². The number of amidine groups is 1. The van der Waals surface area contributed by atoms with E-state index in [1.54, 1.807) is 24.3 Å². The van der Waals surface area contributed by atoms with Crippen molar-refractivity contribution in [1.29, 1.82) is 0 Å². The van der Waals surface area contributed by atoms with Gasteiger partial charge in [-0.25, -0.2) is 20.6 Å². The summed E-state index contributed by atoms with van der Waals surface area (Å²) in [5, 5.41) is 5.97.